The summed E-state index contributed by atoms with van der Waals surface area (Å²) < 4.78 is 16.9. The summed E-state index contributed by atoms with van der Waals surface area (Å²) in [4.78, 5) is 38.2. The van der Waals surface area contributed by atoms with Gasteiger partial charge in [0.25, 0.3) is 0 Å². The third-order valence-electron chi connectivity index (χ3n) is 13.9. The molecule has 0 radical (unpaired) electrons. The predicted molar refractivity (Wildman–Crippen MR) is 284 cm³/mol. The van der Waals surface area contributed by atoms with Crippen molar-refractivity contribution in [3.8, 4) is 0 Å². The first kappa shape index (κ1) is 64.4. The fourth-order valence-electron chi connectivity index (χ4n) is 9.33. The quantitative estimate of drug-likeness (QED) is 0.0343. The van der Waals surface area contributed by atoms with Gasteiger partial charge in [0, 0.05) is 19.3 Å². The van der Waals surface area contributed by atoms with Gasteiger partial charge in [0.15, 0.2) is 6.10 Å². The molecule has 0 unspecified atom stereocenters. The van der Waals surface area contributed by atoms with Crippen LogP contribution < -0.4 is 0 Å². The van der Waals surface area contributed by atoms with Gasteiger partial charge in [0.2, 0.25) is 0 Å². The summed E-state index contributed by atoms with van der Waals surface area (Å²) in [5.41, 5.74) is 0. The van der Waals surface area contributed by atoms with E-state index in [4.69, 9.17) is 14.2 Å². The van der Waals surface area contributed by atoms with E-state index in [1.54, 1.807) is 0 Å². The highest BCUT2D eigenvalue weighted by Gasteiger charge is 2.19. The Balaban J connectivity index is 4.29. The number of hydrogen-bond acceptors (Lipinski definition) is 6. The molecular weight excluding hydrogens is 817 g/mol. The zero-order valence-corrected chi connectivity index (χ0v) is 45.0. The van der Waals surface area contributed by atoms with Gasteiger partial charge < -0.3 is 14.2 Å². The fourth-order valence-corrected chi connectivity index (χ4v) is 9.33. The van der Waals surface area contributed by atoms with E-state index >= 15 is 0 Å². The van der Waals surface area contributed by atoms with E-state index in [1.165, 1.54) is 250 Å². The topological polar surface area (TPSA) is 78.9 Å². The molecule has 0 spiro atoms. The van der Waals surface area contributed by atoms with E-state index in [0.29, 0.717) is 19.3 Å². The number of carbonyl (C=O) groups excluding carboxylic acids is 3. The highest BCUT2D eigenvalue weighted by atomic mass is 16.6. The SMILES string of the molecule is CCCCCCCCCCCCCCCCCCCC(=O)OC[C@H](COC(=O)CCCCCCCCCCCCCCCCC)OC(=O)CCCCCCCCCCCCCCCCCC. The van der Waals surface area contributed by atoms with Gasteiger partial charge in [-0.15, -0.1) is 0 Å². The molecule has 0 rings (SSSR count). The van der Waals surface area contributed by atoms with Gasteiger partial charge in [-0.05, 0) is 19.3 Å². The van der Waals surface area contributed by atoms with E-state index in [0.717, 1.165) is 57.8 Å². The van der Waals surface area contributed by atoms with Gasteiger partial charge in [0.05, 0.1) is 0 Å². The van der Waals surface area contributed by atoms with Crippen LogP contribution in [0, 0.1) is 0 Å². The lowest BCUT2D eigenvalue weighted by Crippen LogP contribution is -2.30. The van der Waals surface area contributed by atoms with Crippen molar-refractivity contribution in [1.29, 1.82) is 0 Å². The monoisotopic (exact) mass is 933 g/mol. The molecular formula is C60H116O6. The van der Waals surface area contributed by atoms with Gasteiger partial charge >= 0.3 is 17.9 Å². The lowest BCUT2D eigenvalue weighted by Gasteiger charge is -2.18. The highest BCUT2D eigenvalue weighted by Crippen LogP contribution is 2.18. The maximum Gasteiger partial charge on any atom is 0.306 e. The number of carbonyl (C=O) groups is 3. The Kier molecular flexibility index (Phi) is 54.7. The molecule has 392 valence electrons. The van der Waals surface area contributed by atoms with Gasteiger partial charge in [-0.2, -0.15) is 0 Å². The van der Waals surface area contributed by atoms with Gasteiger partial charge in [-0.1, -0.05) is 310 Å². The average molecular weight is 934 g/mol. The van der Waals surface area contributed by atoms with E-state index in [-0.39, 0.29) is 31.1 Å². The first-order valence-electron chi connectivity index (χ1n) is 30.0. The van der Waals surface area contributed by atoms with Crippen molar-refractivity contribution in [2.75, 3.05) is 13.2 Å². The Morgan fingerprint density at radius 3 is 0.606 bits per heavy atom. The number of esters is 3. The molecule has 1 atom stereocenters. The predicted octanol–water partition coefficient (Wildman–Crippen LogP) is 19.9. The second-order valence-corrected chi connectivity index (χ2v) is 20.6. The van der Waals surface area contributed by atoms with Crippen LogP contribution >= 0.6 is 0 Å². The molecule has 0 amide bonds. The molecule has 0 heterocycles. The van der Waals surface area contributed by atoms with Gasteiger partial charge in [-0.25, -0.2) is 0 Å². The normalized spacial score (nSPS) is 11.9. The third kappa shape index (κ3) is 53.4. The second-order valence-electron chi connectivity index (χ2n) is 20.6. The minimum atomic E-state index is -0.761. The van der Waals surface area contributed by atoms with Gasteiger partial charge in [-0.3, -0.25) is 14.4 Å². The zero-order valence-electron chi connectivity index (χ0n) is 45.0. The van der Waals surface area contributed by atoms with Crippen LogP contribution in [0.1, 0.15) is 348 Å². The van der Waals surface area contributed by atoms with Crippen LogP contribution in [0.15, 0.2) is 0 Å². The van der Waals surface area contributed by atoms with Crippen LogP contribution in [-0.2, 0) is 28.6 Å². The van der Waals surface area contributed by atoms with Crippen LogP contribution in [0.4, 0.5) is 0 Å². The van der Waals surface area contributed by atoms with Crippen LogP contribution in [-0.4, -0.2) is 37.2 Å². The summed E-state index contributed by atoms with van der Waals surface area (Å²) in [6.45, 7) is 6.72. The van der Waals surface area contributed by atoms with Crippen molar-refractivity contribution in [2.24, 2.45) is 0 Å². The summed E-state index contributed by atoms with van der Waals surface area (Å²) in [6, 6.07) is 0. The smallest absolute Gasteiger partial charge is 0.306 e. The van der Waals surface area contributed by atoms with Crippen LogP contribution in [0.25, 0.3) is 0 Å². The molecule has 0 aliphatic carbocycles. The summed E-state index contributed by atoms with van der Waals surface area (Å²) in [6.07, 6.45) is 62.3. The molecule has 0 N–H and O–H groups in total. The molecule has 0 aromatic carbocycles. The highest BCUT2D eigenvalue weighted by molar-refractivity contribution is 5.71. The molecule has 0 aliphatic rings. The molecule has 0 aliphatic heterocycles. The van der Waals surface area contributed by atoms with Crippen molar-refractivity contribution >= 4 is 17.9 Å². The maximum absolute atomic E-state index is 12.9. The Morgan fingerprint density at radius 1 is 0.242 bits per heavy atom. The number of ether oxygens (including phenoxy) is 3. The lowest BCUT2D eigenvalue weighted by atomic mass is 10.0. The third-order valence-corrected chi connectivity index (χ3v) is 13.9. The molecule has 6 nitrogen and oxygen atoms in total. The largest absolute Gasteiger partial charge is 0.462 e. The lowest BCUT2D eigenvalue weighted by molar-refractivity contribution is -0.167. The number of unbranched alkanes of at least 4 members (excludes halogenated alkanes) is 45. The zero-order chi connectivity index (χ0) is 47.9. The van der Waals surface area contributed by atoms with Crippen molar-refractivity contribution in [1.82, 2.24) is 0 Å². The molecule has 0 aromatic heterocycles. The Morgan fingerprint density at radius 2 is 0.409 bits per heavy atom. The summed E-state index contributed by atoms with van der Waals surface area (Å²) >= 11 is 0. The molecule has 0 fully saturated rings. The van der Waals surface area contributed by atoms with E-state index < -0.39 is 6.10 Å². The Bertz CT molecular complexity index is 982. The molecule has 0 bridgehead atoms. The summed E-state index contributed by atoms with van der Waals surface area (Å²) in [5.74, 6) is -0.828. The Hall–Kier alpha value is -1.59. The minimum absolute atomic E-state index is 0.0608. The van der Waals surface area contributed by atoms with Crippen molar-refractivity contribution in [2.45, 2.75) is 354 Å². The number of hydrogen-bond donors (Lipinski definition) is 0. The van der Waals surface area contributed by atoms with Crippen LogP contribution in [0.2, 0.25) is 0 Å². The first-order valence-corrected chi connectivity index (χ1v) is 30.0. The molecule has 6 heteroatoms. The second kappa shape index (κ2) is 56.0. The minimum Gasteiger partial charge on any atom is -0.462 e. The van der Waals surface area contributed by atoms with Crippen molar-refractivity contribution < 1.29 is 28.6 Å². The van der Waals surface area contributed by atoms with Gasteiger partial charge in [0.1, 0.15) is 13.2 Å². The van der Waals surface area contributed by atoms with E-state index in [1.807, 2.05) is 0 Å². The van der Waals surface area contributed by atoms with E-state index in [2.05, 4.69) is 20.8 Å². The average Bonchev–Trinajstić information content (AvgIpc) is 3.31. The van der Waals surface area contributed by atoms with Crippen molar-refractivity contribution in [3.63, 3.8) is 0 Å². The summed E-state index contributed by atoms with van der Waals surface area (Å²) in [5, 5.41) is 0. The fraction of sp³-hybridized carbons (Fsp3) is 0.950. The summed E-state index contributed by atoms with van der Waals surface area (Å²) in [7, 11) is 0. The standard InChI is InChI=1S/C60H116O6/c1-4-7-10-13-16-19-22-25-28-30-33-35-38-41-44-47-50-53-59(62)65-56-57(55-64-58(61)52-49-46-43-40-37-34-31-27-24-21-18-15-12-9-6-3)66-60(63)54-51-48-45-42-39-36-32-29-26-23-20-17-14-11-8-5-2/h57H,4-56H2,1-3H3/t57-/m0/s1. The molecule has 0 saturated heterocycles. The molecule has 0 saturated carbocycles. The van der Waals surface area contributed by atoms with E-state index in [9.17, 15) is 14.4 Å². The molecule has 66 heavy (non-hydrogen) atoms. The molecule has 0 aromatic rings. The van der Waals surface area contributed by atoms with Crippen LogP contribution in [0.3, 0.4) is 0 Å². The van der Waals surface area contributed by atoms with Crippen molar-refractivity contribution in [3.05, 3.63) is 0 Å². The number of rotatable bonds is 56. The maximum atomic E-state index is 12.9. The first-order chi connectivity index (χ1) is 32.5. The van der Waals surface area contributed by atoms with Crippen LogP contribution in [0.5, 0.6) is 0 Å². The Labute approximate surface area is 412 Å².